The molecule has 0 bridgehead atoms. The normalized spacial score (nSPS) is 11.5. The molecule has 7 heteroatoms. The van der Waals surface area contributed by atoms with E-state index in [0.717, 1.165) is 30.4 Å². The van der Waals surface area contributed by atoms with Crippen LogP contribution in [0, 0.1) is 0 Å². The van der Waals surface area contributed by atoms with Crippen LogP contribution in [0.15, 0.2) is 66.7 Å². The highest BCUT2D eigenvalue weighted by atomic mass is 35.5. The maximum atomic E-state index is 12.7. The van der Waals surface area contributed by atoms with Gasteiger partial charge in [-0.2, -0.15) is 0 Å². The van der Waals surface area contributed by atoms with Gasteiger partial charge >= 0.3 is 11.9 Å². The Morgan fingerprint density at radius 1 is 0.732 bits per heavy atom. The van der Waals surface area contributed by atoms with Crippen LogP contribution in [0.4, 0.5) is 0 Å². The standard InChI is InChI=1S/C34H41ClO6/c1-4-6-8-9-10-11-23-38-32-21-16-28(24-31(32)35)26-12-14-27(15-13-26)34(37)41-30-19-17-29(18-20-30)40-25(3)33(36)39-22-7-5-2/h12-21,24-25H,4-11,22-23H2,1-3H3/t25-/m1/s1. The second kappa shape index (κ2) is 17.3. The number of rotatable bonds is 17. The summed E-state index contributed by atoms with van der Waals surface area (Å²) in [6.45, 7) is 6.92. The van der Waals surface area contributed by atoms with E-state index in [-0.39, 0.29) is 0 Å². The molecule has 220 valence electrons. The van der Waals surface area contributed by atoms with Gasteiger partial charge in [-0.25, -0.2) is 9.59 Å². The van der Waals surface area contributed by atoms with Crippen LogP contribution < -0.4 is 14.2 Å². The van der Waals surface area contributed by atoms with E-state index in [2.05, 4.69) is 6.92 Å². The summed E-state index contributed by atoms with van der Waals surface area (Å²) in [4.78, 5) is 24.7. The molecule has 3 rings (SSSR count). The van der Waals surface area contributed by atoms with Crippen molar-refractivity contribution in [3.05, 3.63) is 77.3 Å². The average Bonchev–Trinajstić information content (AvgIpc) is 2.98. The molecule has 3 aromatic carbocycles. The summed E-state index contributed by atoms with van der Waals surface area (Å²) in [5.41, 5.74) is 2.28. The summed E-state index contributed by atoms with van der Waals surface area (Å²) in [7, 11) is 0. The SMILES string of the molecule is CCCCCCCCOc1ccc(-c2ccc(C(=O)Oc3ccc(O[C@H](C)C(=O)OCCCC)cc3)cc2)cc1Cl. The number of unbranched alkanes of at least 4 members (excludes halogenated alkanes) is 6. The number of carbonyl (C=O) groups excluding carboxylic acids is 2. The third kappa shape index (κ3) is 10.8. The van der Waals surface area contributed by atoms with Gasteiger partial charge in [-0.1, -0.05) is 82.2 Å². The first kappa shape index (κ1) is 32.0. The third-order valence-electron chi connectivity index (χ3n) is 6.56. The number of hydrogen-bond donors (Lipinski definition) is 0. The highest BCUT2D eigenvalue weighted by molar-refractivity contribution is 6.32. The number of ether oxygens (including phenoxy) is 4. The van der Waals surface area contributed by atoms with E-state index in [1.807, 2.05) is 37.3 Å². The van der Waals surface area contributed by atoms with Crippen LogP contribution in [0.3, 0.4) is 0 Å². The highest BCUT2D eigenvalue weighted by Gasteiger charge is 2.16. The zero-order chi connectivity index (χ0) is 29.5. The zero-order valence-corrected chi connectivity index (χ0v) is 25.1. The first-order valence-electron chi connectivity index (χ1n) is 14.6. The molecule has 0 saturated heterocycles. The van der Waals surface area contributed by atoms with Crippen molar-refractivity contribution >= 4 is 23.5 Å². The summed E-state index contributed by atoms with van der Waals surface area (Å²) < 4.78 is 22.2. The molecule has 0 fully saturated rings. The minimum absolute atomic E-state index is 0.368. The molecule has 0 unspecified atom stereocenters. The van der Waals surface area contributed by atoms with Crippen molar-refractivity contribution in [2.45, 2.75) is 78.2 Å². The van der Waals surface area contributed by atoms with E-state index in [9.17, 15) is 9.59 Å². The molecular weight excluding hydrogens is 540 g/mol. The summed E-state index contributed by atoms with van der Waals surface area (Å²) in [6.07, 6.45) is 8.28. The number of esters is 2. The zero-order valence-electron chi connectivity index (χ0n) is 24.3. The van der Waals surface area contributed by atoms with Gasteiger partial charge in [0.15, 0.2) is 6.10 Å². The van der Waals surface area contributed by atoms with Crippen molar-refractivity contribution in [2.24, 2.45) is 0 Å². The molecule has 0 N–H and O–H groups in total. The first-order chi connectivity index (χ1) is 19.9. The van der Waals surface area contributed by atoms with Crippen LogP contribution in [0.2, 0.25) is 5.02 Å². The van der Waals surface area contributed by atoms with Gasteiger partial charge in [-0.05, 0) is 79.4 Å². The van der Waals surface area contributed by atoms with E-state index < -0.39 is 18.0 Å². The van der Waals surface area contributed by atoms with Crippen molar-refractivity contribution in [3.63, 3.8) is 0 Å². The van der Waals surface area contributed by atoms with E-state index in [1.54, 1.807) is 43.3 Å². The van der Waals surface area contributed by atoms with Crippen molar-refractivity contribution < 1.29 is 28.5 Å². The van der Waals surface area contributed by atoms with Crippen molar-refractivity contribution in [2.75, 3.05) is 13.2 Å². The van der Waals surface area contributed by atoms with Crippen molar-refractivity contribution in [1.29, 1.82) is 0 Å². The number of benzene rings is 3. The largest absolute Gasteiger partial charge is 0.492 e. The lowest BCUT2D eigenvalue weighted by Crippen LogP contribution is -2.26. The monoisotopic (exact) mass is 580 g/mol. The van der Waals surface area contributed by atoms with Crippen LogP contribution in [-0.4, -0.2) is 31.3 Å². The van der Waals surface area contributed by atoms with E-state index in [4.69, 9.17) is 30.5 Å². The predicted molar refractivity (Wildman–Crippen MR) is 163 cm³/mol. The van der Waals surface area contributed by atoms with Gasteiger partial charge in [0, 0.05) is 0 Å². The summed E-state index contributed by atoms with van der Waals surface area (Å²) >= 11 is 6.48. The Hall–Kier alpha value is -3.51. The van der Waals surface area contributed by atoms with Gasteiger partial charge in [-0.15, -0.1) is 0 Å². The lowest BCUT2D eigenvalue weighted by molar-refractivity contribution is -0.151. The quantitative estimate of drug-likeness (QED) is 0.0900. The van der Waals surface area contributed by atoms with Gasteiger partial charge in [0.2, 0.25) is 0 Å². The molecule has 3 aromatic rings. The maximum Gasteiger partial charge on any atom is 0.347 e. The fourth-order valence-electron chi connectivity index (χ4n) is 4.10. The van der Waals surface area contributed by atoms with Gasteiger partial charge < -0.3 is 18.9 Å². The molecule has 0 amide bonds. The molecular formula is C34H41ClO6. The van der Waals surface area contributed by atoms with E-state index >= 15 is 0 Å². The van der Waals surface area contributed by atoms with Gasteiger partial charge in [0.05, 0.1) is 23.8 Å². The van der Waals surface area contributed by atoms with Crippen LogP contribution in [-0.2, 0) is 9.53 Å². The molecule has 41 heavy (non-hydrogen) atoms. The fourth-order valence-corrected chi connectivity index (χ4v) is 4.33. The van der Waals surface area contributed by atoms with Crippen LogP contribution in [0.25, 0.3) is 11.1 Å². The lowest BCUT2D eigenvalue weighted by atomic mass is 10.0. The molecule has 0 saturated carbocycles. The summed E-state index contributed by atoms with van der Waals surface area (Å²) in [5.74, 6) is 0.642. The van der Waals surface area contributed by atoms with Gasteiger partial charge in [-0.3, -0.25) is 0 Å². The van der Waals surface area contributed by atoms with Crippen LogP contribution >= 0.6 is 11.6 Å². The number of halogens is 1. The van der Waals surface area contributed by atoms with E-state index in [0.29, 0.717) is 41.0 Å². The van der Waals surface area contributed by atoms with Crippen molar-refractivity contribution in [1.82, 2.24) is 0 Å². The molecule has 0 aliphatic carbocycles. The molecule has 0 heterocycles. The van der Waals surface area contributed by atoms with Gasteiger partial charge in [0.1, 0.15) is 17.2 Å². The summed E-state index contributed by atoms with van der Waals surface area (Å²) in [5, 5.41) is 0.562. The topological polar surface area (TPSA) is 71.1 Å². The maximum absolute atomic E-state index is 12.7. The molecule has 0 aliphatic rings. The Morgan fingerprint density at radius 2 is 1.37 bits per heavy atom. The Morgan fingerprint density at radius 3 is 2.05 bits per heavy atom. The first-order valence-corrected chi connectivity index (χ1v) is 15.0. The predicted octanol–water partition coefficient (Wildman–Crippen LogP) is 9.08. The van der Waals surface area contributed by atoms with Crippen molar-refractivity contribution in [3.8, 4) is 28.4 Å². The lowest BCUT2D eigenvalue weighted by Gasteiger charge is -2.14. The molecule has 6 nitrogen and oxygen atoms in total. The molecule has 0 aliphatic heterocycles. The van der Waals surface area contributed by atoms with Gasteiger partial charge in [0.25, 0.3) is 0 Å². The minimum atomic E-state index is -0.734. The highest BCUT2D eigenvalue weighted by Crippen LogP contribution is 2.31. The second-order valence-corrected chi connectivity index (χ2v) is 10.4. The number of hydrogen-bond acceptors (Lipinski definition) is 6. The molecule has 0 radical (unpaired) electrons. The molecule has 0 aromatic heterocycles. The Labute approximate surface area is 248 Å². The van der Waals surface area contributed by atoms with Crippen LogP contribution in [0.1, 0.15) is 82.5 Å². The Bertz CT molecular complexity index is 1220. The van der Waals surface area contributed by atoms with E-state index in [1.165, 1.54) is 32.1 Å². The third-order valence-corrected chi connectivity index (χ3v) is 6.86. The average molecular weight is 581 g/mol. The minimum Gasteiger partial charge on any atom is -0.492 e. The number of carbonyl (C=O) groups is 2. The molecule has 0 spiro atoms. The second-order valence-electron chi connectivity index (χ2n) is 9.98. The Balaban J connectivity index is 1.49. The van der Waals surface area contributed by atoms with Crippen LogP contribution in [0.5, 0.6) is 17.2 Å². The fraction of sp³-hybridized carbons (Fsp3) is 0.412. The summed E-state index contributed by atoms with van der Waals surface area (Å²) in [6, 6.07) is 19.4. The Kier molecular flexibility index (Phi) is 13.5. The molecule has 1 atom stereocenters. The smallest absolute Gasteiger partial charge is 0.347 e.